The fraction of sp³-hybridized carbons (Fsp3) is 0.300. The molecule has 1 aromatic carbocycles. The Morgan fingerprint density at radius 1 is 1.50 bits per heavy atom. The average molecular weight is 162 g/mol. The van der Waals surface area contributed by atoms with Crippen LogP contribution in [0.3, 0.4) is 0 Å². The summed E-state index contributed by atoms with van der Waals surface area (Å²) in [5.41, 5.74) is 3.22. The zero-order valence-electron chi connectivity index (χ0n) is 7.59. The first-order valence-corrected chi connectivity index (χ1v) is 4.09. The molecule has 0 fully saturated rings. The first kappa shape index (κ1) is 8.78. The molecule has 1 N–H and O–H groups in total. The fourth-order valence-electron chi connectivity index (χ4n) is 1.12. The Kier molecular flexibility index (Phi) is 2.86. The van der Waals surface area contributed by atoms with Gasteiger partial charge in [0.25, 0.3) is 0 Å². The fourth-order valence-corrected chi connectivity index (χ4v) is 1.12. The third-order valence-electron chi connectivity index (χ3n) is 1.69. The molecule has 1 aromatic rings. The molecule has 0 radical (unpaired) electrons. The van der Waals surface area contributed by atoms with E-state index in [4.69, 9.17) is 0 Å². The maximum Gasteiger partial charge on any atom is 0.0853 e. The lowest BCUT2D eigenvalue weighted by Crippen LogP contribution is -1.96. The van der Waals surface area contributed by atoms with E-state index in [1.165, 1.54) is 5.56 Å². The number of rotatable bonds is 3. The molecule has 0 saturated heterocycles. The Morgan fingerprint density at radius 3 is 2.83 bits per heavy atom. The molecule has 0 aromatic heterocycles. The van der Waals surface area contributed by atoms with E-state index in [1.54, 1.807) is 0 Å². The van der Waals surface area contributed by atoms with E-state index in [9.17, 15) is 0 Å². The van der Waals surface area contributed by atoms with E-state index in [0.29, 0.717) is 0 Å². The van der Waals surface area contributed by atoms with Crippen molar-refractivity contribution in [3.8, 4) is 0 Å². The second-order valence-electron chi connectivity index (χ2n) is 2.71. The molecule has 0 aliphatic rings. The molecule has 2 nitrogen and oxygen atoms in total. The summed E-state index contributed by atoms with van der Waals surface area (Å²) in [5, 5.41) is 3.23. The molecule has 0 heterocycles. The van der Waals surface area contributed by atoms with Crippen LogP contribution in [0, 0.1) is 6.92 Å². The number of nitrogens with zero attached hydrogens (tertiary/aromatic N) is 1. The summed E-state index contributed by atoms with van der Waals surface area (Å²) < 4.78 is 0. The van der Waals surface area contributed by atoms with Gasteiger partial charge in [-0.2, -0.15) is 0 Å². The van der Waals surface area contributed by atoms with Crippen LogP contribution in [0.2, 0.25) is 0 Å². The maximum atomic E-state index is 3.92. The van der Waals surface area contributed by atoms with Crippen LogP contribution in [-0.4, -0.2) is 13.3 Å². The maximum absolute atomic E-state index is 3.92. The minimum atomic E-state index is 0.909. The molecule has 0 saturated carbocycles. The largest absolute Gasteiger partial charge is 0.384 e. The van der Waals surface area contributed by atoms with Gasteiger partial charge in [-0.3, -0.25) is 4.99 Å². The van der Waals surface area contributed by atoms with Crippen LogP contribution in [0.5, 0.6) is 0 Å². The van der Waals surface area contributed by atoms with Gasteiger partial charge in [0.15, 0.2) is 0 Å². The van der Waals surface area contributed by atoms with Gasteiger partial charge in [-0.1, -0.05) is 6.07 Å². The molecule has 0 bridgehead atoms. The standard InChI is InChI=1S/C10H14N2/c1-4-12-10-7-8(2)5-6-9(10)11-3/h5-7,12H,3-4H2,1-2H3. The second kappa shape index (κ2) is 3.90. The summed E-state index contributed by atoms with van der Waals surface area (Å²) in [7, 11) is 0. The van der Waals surface area contributed by atoms with Gasteiger partial charge in [0.1, 0.15) is 0 Å². The number of aliphatic imine (C=N–C) groups is 1. The van der Waals surface area contributed by atoms with E-state index in [-0.39, 0.29) is 0 Å². The molecule has 0 aliphatic carbocycles. The monoisotopic (exact) mass is 162 g/mol. The van der Waals surface area contributed by atoms with Crippen molar-refractivity contribution >= 4 is 18.1 Å². The van der Waals surface area contributed by atoms with Crippen molar-refractivity contribution in [3.63, 3.8) is 0 Å². The van der Waals surface area contributed by atoms with Crippen molar-refractivity contribution in [3.05, 3.63) is 23.8 Å². The Labute approximate surface area is 73.3 Å². The van der Waals surface area contributed by atoms with Gasteiger partial charge in [-0.15, -0.1) is 0 Å². The molecule has 0 spiro atoms. The van der Waals surface area contributed by atoms with Gasteiger partial charge in [0, 0.05) is 6.54 Å². The molecular weight excluding hydrogens is 148 g/mol. The second-order valence-corrected chi connectivity index (χ2v) is 2.71. The molecule has 2 heteroatoms. The van der Waals surface area contributed by atoms with Crippen molar-refractivity contribution in [2.45, 2.75) is 13.8 Å². The van der Waals surface area contributed by atoms with Gasteiger partial charge < -0.3 is 5.32 Å². The first-order chi connectivity index (χ1) is 5.77. The third kappa shape index (κ3) is 1.84. The third-order valence-corrected chi connectivity index (χ3v) is 1.69. The van der Waals surface area contributed by atoms with E-state index >= 15 is 0 Å². The number of aryl methyl sites for hydroxylation is 1. The summed E-state index contributed by atoms with van der Waals surface area (Å²) in [6.45, 7) is 8.55. The highest BCUT2D eigenvalue weighted by Crippen LogP contribution is 2.24. The molecule has 64 valence electrons. The highest BCUT2D eigenvalue weighted by Gasteiger charge is 1.97. The normalized spacial score (nSPS) is 9.50. The number of benzene rings is 1. The van der Waals surface area contributed by atoms with Crippen molar-refractivity contribution in [1.82, 2.24) is 0 Å². The van der Waals surface area contributed by atoms with Crippen LogP contribution in [0.1, 0.15) is 12.5 Å². The number of nitrogens with one attached hydrogen (secondary N) is 1. The minimum absolute atomic E-state index is 0.909. The Morgan fingerprint density at radius 2 is 2.25 bits per heavy atom. The predicted molar refractivity (Wildman–Crippen MR) is 54.6 cm³/mol. The SMILES string of the molecule is C=Nc1ccc(C)cc1NCC. The lowest BCUT2D eigenvalue weighted by molar-refractivity contribution is 1.21. The predicted octanol–water partition coefficient (Wildman–Crippen LogP) is 2.76. The van der Waals surface area contributed by atoms with E-state index < -0.39 is 0 Å². The highest BCUT2D eigenvalue weighted by atomic mass is 14.9. The van der Waals surface area contributed by atoms with Crippen LogP contribution >= 0.6 is 0 Å². The van der Waals surface area contributed by atoms with E-state index in [2.05, 4.69) is 36.9 Å². The summed E-state index contributed by atoms with van der Waals surface area (Å²) in [5.74, 6) is 0. The van der Waals surface area contributed by atoms with Crippen LogP contribution in [0.25, 0.3) is 0 Å². The topological polar surface area (TPSA) is 24.4 Å². The highest BCUT2D eigenvalue weighted by molar-refractivity contribution is 5.68. The van der Waals surface area contributed by atoms with Gasteiger partial charge in [-0.05, 0) is 38.3 Å². The number of anilines is 1. The summed E-state index contributed by atoms with van der Waals surface area (Å²) in [6.07, 6.45) is 0. The molecule has 0 aliphatic heterocycles. The first-order valence-electron chi connectivity index (χ1n) is 4.09. The van der Waals surface area contributed by atoms with E-state index in [0.717, 1.165) is 17.9 Å². The summed E-state index contributed by atoms with van der Waals surface area (Å²) >= 11 is 0. The smallest absolute Gasteiger partial charge is 0.0853 e. The van der Waals surface area contributed by atoms with Crippen LogP contribution in [-0.2, 0) is 0 Å². The summed E-state index contributed by atoms with van der Waals surface area (Å²) in [4.78, 5) is 3.92. The quantitative estimate of drug-likeness (QED) is 0.679. The Hall–Kier alpha value is -1.31. The summed E-state index contributed by atoms with van der Waals surface area (Å²) in [6, 6.07) is 6.08. The molecule has 0 atom stereocenters. The number of hydrogen-bond acceptors (Lipinski definition) is 2. The van der Waals surface area contributed by atoms with Crippen molar-refractivity contribution in [1.29, 1.82) is 0 Å². The van der Waals surface area contributed by atoms with Crippen LogP contribution in [0.15, 0.2) is 23.2 Å². The Balaban J connectivity index is 3.03. The Bertz CT molecular complexity index is 279. The zero-order chi connectivity index (χ0) is 8.97. The molecule has 1 rings (SSSR count). The van der Waals surface area contributed by atoms with Gasteiger partial charge in [-0.25, -0.2) is 0 Å². The minimum Gasteiger partial charge on any atom is -0.384 e. The number of hydrogen-bond donors (Lipinski definition) is 1. The van der Waals surface area contributed by atoms with Crippen molar-refractivity contribution in [2.24, 2.45) is 4.99 Å². The average Bonchev–Trinajstić information content (AvgIpc) is 2.05. The van der Waals surface area contributed by atoms with E-state index in [1.807, 2.05) is 12.1 Å². The van der Waals surface area contributed by atoms with Gasteiger partial charge in [0.2, 0.25) is 0 Å². The van der Waals surface area contributed by atoms with Gasteiger partial charge in [0.05, 0.1) is 11.4 Å². The van der Waals surface area contributed by atoms with Crippen LogP contribution < -0.4 is 5.32 Å². The lowest BCUT2D eigenvalue weighted by Gasteiger charge is -2.07. The zero-order valence-corrected chi connectivity index (χ0v) is 7.59. The molecular formula is C10H14N2. The van der Waals surface area contributed by atoms with Gasteiger partial charge >= 0.3 is 0 Å². The molecule has 12 heavy (non-hydrogen) atoms. The van der Waals surface area contributed by atoms with Crippen LogP contribution in [0.4, 0.5) is 11.4 Å². The molecule has 0 amide bonds. The molecule has 0 unspecified atom stereocenters. The van der Waals surface area contributed by atoms with Crippen molar-refractivity contribution in [2.75, 3.05) is 11.9 Å². The lowest BCUT2D eigenvalue weighted by atomic mass is 10.2. The van der Waals surface area contributed by atoms with Crippen molar-refractivity contribution < 1.29 is 0 Å².